The summed E-state index contributed by atoms with van der Waals surface area (Å²) in [5, 5.41) is 0. The monoisotopic (exact) mass is 262 g/mol. The Labute approximate surface area is 102 Å². The number of amides is 1. The molecule has 1 rings (SSSR count). The molecule has 1 unspecified atom stereocenters. The molecule has 1 aromatic rings. The van der Waals surface area contributed by atoms with Gasteiger partial charge >= 0.3 is 6.36 Å². The molecule has 1 aromatic carbocycles. The third-order valence-corrected chi connectivity index (χ3v) is 2.30. The smallest absolute Gasteiger partial charge is 0.406 e. The van der Waals surface area contributed by atoms with E-state index in [4.69, 9.17) is 11.5 Å². The van der Waals surface area contributed by atoms with Crippen LogP contribution in [0.15, 0.2) is 24.3 Å². The highest BCUT2D eigenvalue weighted by Crippen LogP contribution is 2.24. The van der Waals surface area contributed by atoms with E-state index in [-0.39, 0.29) is 18.7 Å². The van der Waals surface area contributed by atoms with E-state index in [9.17, 15) is 18.0 Å². The summed E-state index contributed by atoms with van der Waals surface area (Å²) < 4.78 is 39.8. The molecule has 0 radical (unpaired) electrons. The van der Waals surface area contributed by atoms with Gasteiger partial charge in [-0.2, -0.15) is 0 Å². The van der Waals surface area contributed by atoms with Gasteiger partial charge in [0.25, 0.3) is 0 Å². The fourth-order valence-electron chi connectivity index (χ4n) is 1.45. The molecule has 0 spiro atoms. The minimum Gasteiger partial charge on any atom is -0.406 e. The molecule has 0 heterocycles. The number of rotatable bonds is 5. The third-order valence-electron chi connectivity index (χ3n) is 2.30. The van der Waals surface area contributed by atoms with Gasteiger partial charge in [-0.3, -0.25) is 4.79 Å². The summed E-state index contributed by atoms with van der Waals surface area (Å²) in [5.74, 6) is -1.52. The van der Waals surface area contributed by atoms with E-state index in [2.05, 4.69) is 4.74 Å². The molecule has 0 saturated heterocycles. The lowest BCUT2D eigenvalue weighted by atomic mass is 9.99. The van der Waals surface area contributed by atoms with Gasteiger partial charge in [0.15, 0.2) is 0 Å². The molecule has 0 aliphatic carbocycles. The van der Waals surface area contributed by atoms with Gasteiger partial charge in [-0.05, 0) is 24.1 Å². The van der Waals surface area contributed by atoms with Crippen molar-refractivity contribution in [3.8, 4) is 5.75 Å². The lowest BCUT2D eigenvalue weighted by Gasteiger charge is -2.13. The lowest BCUT2D eigenvalue weighted by Crippen LogP contribution is -2.31. The molecule has 1 atom stereocenters. The van der Waals surface area contributed by atoms with E-state index in [0.717, 1.165) is 0 Å². The fourth-order valence-corrected chi connectivity index (χ4v) is 1.45. The summed E-state index contributed by atoms with van der Waals surface area (Å²) in [6.45, 7) is 0.0414. The van der Waals surface area contributed by atoms with Crippen LogP contribution in [-0.4, -0.2) is 18.8 Å². The number of carbonyl (C=O) groups is 1. The standard InChI is InChI=1S/C11H13F3N2O2/c12-11(13,14)18-9-3-1-2-7(5-9)4-8(6-15)10(16)17/h1-3,5,8H,4,6,15H2,(H2,16,17). The van der Waals surface area contributed by atoms with Crippen molar-refractivity contribution in [1.82, 2.24) is 0 Å². The Kier molecular flexibility index (Phi) is 4.55. The van der Waals surface area contributed by atoms with Crippen LogP contribution in [0.5, 0.6) is 5.75 Å². The maximum Gasteiger partial charge on any atom is 0.573 e. The van der Waals surface area contributed by atoms with Gasteiger partial charge in [0.05, 0.1) is 5.92 Å². The van der Waals surface area contributed by atoms with Crippen molar-refractivity contribution in [2.24, 2.45) is 17.4 Å². The van der Waals surface area contributed by atoms with Crippen LogP contribution < -0.4 is 16.2 Å². The molecule has 0 fully saturated rings. The van der Waals surface area contributed by atoms with Crippen LogP contribution in [0.25, 0.3) is 0 Å². The normalized spacial score (nSPS) is 13.1. The van der Waals surface area contributed by atoms with Crippen molar-refractivity contribution in [1.29, 1.82) is 0 Å². The Morgan fingerprint density at radius 2 is 2.06 bits per heavy atom. The van der Waals surface area contributed by atoms with E-state index in [0.29, 0.717) is 5.56 Å². The van der Waals surface area contributed by atoms with Crippen molar-refractivity contribution in [2.45, 2.75) is 12.8 Å². The van der Waals surface area contributed by atoms with Crippen LogP contribution in [0.2, 0.25) is 0 Å². The summed E-state index contributed by atoms with van der Waals surface area (Å²) in [6, 6.07) is 5.37. The SMILES string of the molecule is NCC(Cc1cccc(OC(F)(F)F)c1)C(N)=O. The molecular weight excluding hydrogens is 249 g/mol. The fraction of sp³-hybridized carbons (Fsp3) is 0.364. The summed E-state index contributed by atoms with van der Waals surface area (Å²) in [5.41, 5.74) is 11.0. The van der Waals surface area contributed by atoms with E-state index < -0.39 is 18.2 Å². The van der Waals surface area contributed by atoms with Crippen molar-refractivity contribution in [3.63, 3.8) is 0 Å². The van der Waals surface area contributed by atoms with E-state index in [1.165, 1.54) is 18.2 Å². The number of hydrogen-bond donors (Lipinski definition) is 2. The van der Waals surface area contributed by atoms with Crippen LogP contribution in [0, 0.1) is 5.92 Å². The summed E-state index contributed by atoms with van der Waals surface area (Å²) >= 11 is 0. The Morgan fingerprint density at radius 3 is 2.56 bits per heavy atom. The van der Waals surface area contributed by atoms with Crippen molar-refractivity contribution < 1.29 is 22.7 Å². The molecule has 0 aromatic heterocycles. The molecule has 7 heteroatoms. The Morgan fingerprint density at radius 1 is 1.39 bits per heavy atom. The topological polar surface area (TPSA) is 78.3 Å². The average Bonchev–Trinajstić information content (AvgIpc) is 2.23. The van der Waals surface area contributed by atoms with Gasteiger partial charge in [0.2, 0.25) is 5.91 Å². The Balaban J connectivity index is 2.79. The van der Waals surface area contributed by atoms with Crippen LogP contribution >= 0.6 is 0 Å². The molecule has 1 amide bonds. The molecule has 100 valence electrons. The summed E-state index contributed by atoms with van der Waals surface area (Å²) in [6.07, 6.45) is -4.56. The molecule has 0 aliphatic rings. The Bertz CT molecular complexity index is 421. The second-order valence-electron chi connectivity index (χ2n) is 3.73. The predicted molar refractivity (Wildman–Crippen MR) is 58.6 cm³/mol. The van der Waals surface area contributed by atoms with Crippen molar-refractivity contribution >= 4 is 5.91 Å². The van der Waals surface area contributed by atoms with Gasteiger partial charge in [-0.15, -0.1) is 13.2 Å². The van der Waals surface area contributed by atoms with Crippen molar-refractivity contribution in [3.05, 3.63) is 29.8 Å². The molecule has 4 N–H and O–H groups in total. The zero-order valence-electron chi connectivity index (χ0n) is 9.41. The molecule has 0 saturated carbocycles. The minimum absolute atomic E-state index is 0.0414. The maximum atomic E-state index is 12.0. The van der Waals surface area contributed by atoms with E-state index >= 15 is 0 Å². The first-order chi connectivity index (χ1) is 8.31. The third kappa shape index (κ3) is 4.62. The number of nitrogens with two attached hydrogens (primary N) is 2. The maximum absolute atomic E-state index is 12.0. The predicted octanol–water partition coefficient (Wildman–Crippen LogP) is 1.19. The average molecular weight is 262 g/mol. The highest BCUT2D eigenvalue weighted by Gasteiger charge is 2.31. The summed E-state index contributed by atoms with van der Waals surface area (Å²) in [4.78, 5) is 11.0. The molecule has 0 bridgehead atoms. The van der Waals surface area contributed by atoms with Crippen LogP contribution in [0.1, 0.15) is 5.56 Å². The zero-order chi connectivity index (χ0) is 13.8. The lowest BCUT2D eigenvalue weighted by molar-refractivity contribution is -0.274. The first-order valence-corrected chi connectivity index (χ1v) is 5.16. The zero-order valence-corrected chi connectivity index (χ0v) is 9.41. The highest BCUT2D eigenvalue weighted by molar-refractivity contribution is 5.77. The van der Waals surface area contributed by atoms with Crippen LogP contribution in [0.4, 0.5) is 13.2 Å². The largest absolute Gasteiger partial charge is 0.573 e. The van der Waals surface area contributed by atoms with Gasteiger partial charge in [-0.25, -0.2) is 0 Å². The minimum atomic E-state index is -4.74. The number of carbonyl (C=O) groups excluding carboxylic acids is 1. The quantitative estimate of drug-likeness (QED) is 0.836. The van der Waals surface area contributed by atoms with Gasteiger partial charge in [0.1, 0.15) is 5.75 Å². The molecule has 4 nitrogen and oxygen atoms in total. The van der Waals surface area contributed by atoms with Crippen LogP contribution in [0.3, 0.4) is 0 Å². The van der Waals surface area contributed by atoms with Crippen molar-refractivity contribution in [2.75, 3.05) is 6.54 Å². The van der Waals surface area contributed by atoms with Gasteiger partial charge in [-0.1, -0.05) is 12.1 Å². The molecular formula is C11H13F3N2O2. The number of primary amides is 1. The first kappa shape index (κ1) is 14.3. The number of hydrogen-bond acceptors (Lipinski definition) is 3. The number of halogens is 3. The first-order valence-electron chi connectivity index (χ1n) is 5.16. The van der Waals surface area contributed by atoms with Crippen LogP contribution in [-0.2, 0) is 11.2 Å². The summed E-state index contributed by atoms with van der Waals surface area (Å²) in [7, 11) is 0. The number of alkyl halides is 3. The van der Waals surface area contributed by atoms with Gasteiger partial charge in [0, 0.05) is 6.54 Å². The number of benzene rings is 1. The second kappa shape index (κ2) is 5.72. The molecule has 0 aliphatic heterocycles. The number of ether oxygens (including phenoxy) is 1. The van der Waals surface area contributed by atoms with E-state index in [1.807, 2.05) is 0 Å². The van der Waals surface area contributed by atoms with Gasteiger partial charge < -0.3 is 16.2 Å². The highest BCUT2D eigenvalue weighted by atomic mass is 19.4. The second-order valence-corrected chi connectivity index (χ2v) is 3.73. The van der Waals surface area contributed by atoms with E-state index in [1.54, 1.807) is 6.07 Å². The molecule has 18 heavy (non-hydrogen) atoms. The Hall–Kier alpha value is -1.76.